The second-order valence-electron chi connectivity index (χ2n) is 7.74. The molecule has 0 aliphatic rings. The highest BCUT2D eigenvalue weighted by Crippen LogP contribution is 2.33. The number of carbonyl (C=O) groups is 1. The summed E-state index contributed by atoms with van der Waals surface area (Å²) >= 11 is 0. The van der Waals surface area contributed by atoms with E-state index in [0.29, 0.717) is 30.0 Å². The van der Waals surface area contributed by atoms with Crippen molar-refractivity contribution in [3.05, 3.63) is 72.4 Å². The molecule has 0 fully saturated rings. The first kappa shape index (κ1) is 23.2. The number of oxazole rings is 1. The van der Waals surface area contributed by atoms with Crippen LogP contribution in [0.1, 0.15) is 29.9 Å². The fourth-order valence-electron chi connectivity index (χ4n) is 3.26. The fraction of sp³-hybridized carbons (Fsp3) is 0.280. The van der Waals surface area contributed by atoms with Crippen molar-refractivity contribution in [3.8, 4) is 22.8 Å². The summed E-state index contributed by atoms with van der Waals surface area (Å²) in [7, 11) is 3.88. The molecule has 0 atom stereocenters. The van der Waals surface area contributed by atoms with Gasteiger partial charge in [-0.25, -0.2) is 13.8 Å². The van der Waals surface area contributed by atoms with Crippen molar-refractivity contribution < 1.29 is 18.0 Å². The van der Waals surface area contributed by atoms with Crippen LogP contribution in [0, 0.1) is 0 Å². The number of likely N-dealkylation sites (N-methyl/N-ethyl adjacent to an activating group) is 1. The molecular formula is C25H27F2N3O2. The molecule has 0 saturated heterocycles. The molecule has 1 aromatic heterocycles. The number of halogens is 2. The van der Waals surface area contributed by atoms with Gasteiger partial charge in [0.15, 0.2) is 11.5 Å². The van der Waals surface area contributed by atoms with E-state index in [4.69, 9.17) is 4.42 Å². The van der Waals surface area contributed by atoms with Gasteiger partial charge in [-0.1, -0.05) is 18.2 Å². The van der Waals surface area contributed by atoms with Gasteiger partial charge in [0.05, 0.1) is 0 Å². The highest BCUT2D eigenvalue weighted by Gasteiger charge is 2.27. The summed E-state index contributed by atoms with van der Waals surface area (Å²) in [6.45, 7) is 7.28. The zero-order valence-corrected chi connectivity index (χ0v) is 18.7. The minimum atomic E-state index is -2.94. The van der Waals surface area contributed by atoms with Crippen LogP contribution in [0.3, 0.4) is 0 Å². The molecule has 0 N–H and O–H groups in total. The standard InChI is InChI=1S/C25H27F2N3O2/c1-6-16-30(7-2)24(31)21-22(17-10-14-20(15-11-17)29(4)5)32-23(28-21)18-8-12-19(13-9-18)25(3,26)27/h6,8-15H,1,7,16H2,2-5H3. The van der Waals surface area contributed by atoms with E-state index in [9.17, 15) is 13.6 Å². The van der Waals surface area contributed by atoms with Crippen molar-refractivity contribution in [3.63, 3.8) is 0 Å². The van der Waals surface area contributed by atoms with Gasteiger partial charge in [0.25, 0.3) is 11.8 Å². The third-order valence-electron chi connectivity index (χ3n) is 5.13. The highest BCUT2D eigenvalue weighted by molar-refractivity contribution is 5.98. The minimum Gasteiger partial charge on any atom is -0.435 e. The van der Waals surface area contributed by atoms with Crippen LogP contribution in [-0.2, 0) is 5.92 Å². The summed E-state index contributed by atoms with van der Waals surface area (Å²) in [6.07, 6.45) is 1.65. The number of alkyl halides is 2. The molecule has 2 aromatic carbocycles. The largest absolute Gasteiger partial charge is 0.435 e. The van der Waals surface area contributed by atoms with Gasteiger partial charge in [0.2, 0.25) is 5.89 Å². The normalized spacial score (nSPS) is 11.3. The molecule has 0 saturated carbocycles. The van der Waals surface area contributed by atoms with Crippen LogP contribution < -0.4 is 4.90 Å². The van der Waals surface area contributed by atoms with Gasteiger partial charge in [0.1, 0.15) is 0 Å². The lowest BCUT2D eigenvalue weighted by molar-refractivity contribution is 0.0175. The SMILES string of the molecule is C=CCN(CC)C(=O)c1nc(-c2ccc(C(C)(F)F)cc2)oc1-c1ccc(N(C)C)cc1. The number of hydrogen-bond donors (Lipinski definition) is 0. The first-order valence-electron chi connectivity index (χ1n) is 10.3. The Morgan fingerprint density at radius 2 is 1.69 bits per heavy atom. The lowest BCUT2D eigenvalue weighted by Crippen LogP contribution is -2.31. The second-order valence-corrected chi connectivity index (χ2v) is 7.74. The average Bonchev–Trinajstić information content (AvgIpc) is 3.22. The Hall–Kier alpha value is -3.48. The highest BCUT2D eigenvalue weighted by atomic mass is 19.3. The summed E-state index contributed by atoms with van der Waals surface area (Å²) < 4.78 is 33.2. The molecule has 168 valence electrons. The topological polar surface area (TPSA) is 49.6 Å². The Morgan fingerprint density at radius 3 is 2.19 bits per heavy atom. The number of rotatable bonds is 8. The zero-order chi connectivity index (χ0) is 23.5. The van der Waals surface area contributed by atoms with E-state index in [2.05, 4.69) is 11.6 Å². The van der Waals surface area contributed by atoms with Gasteiger partial charge in [-0.15, -0.1) is 6.58 Å². The smallest absolute Gasteiger partial charge is 0.276 e. The Bertz CT molecular complexity index is 1080. The number of anilines is 1. The summed E-state index contributed by atoms with van der Waals surface area (Å²) in [5.41, 5.74) is 2.27. The molecule has 5 nitrogen and oxygen atoms in total. The molecule has 0 radical (unpaired) electrons. The molecule has 0 spiro atoms. The van der Waals surface area contributed by atoms with Crippen LogP contribution >= 0.6 is 0 Å². The van der Waals surface area contributed by atoms with E-state index in [1.54, 1.807) is 11.0 Å². The maximum atomic E-state index is 13.6. The molecule has 3 aromatic rings. The van der Waals surface area contributed by atoms with Crippen molar-refractivity contribution in [2.24, 2.45) is 0 Å². The lowest BCUT2D eigenvalue weighted by Gasteiger charge is -2.18. The fourth-order valence-corrected chi connectivity index (χ4v) is 3.26. The third kappa shape index (κ3) is 4.88. The number of nitrogens with zero attached hydrogens (tertiary/aromatic N) is 3. The molecule has 7 heteroatoms. The predicted molar refractivity (Wildman–Crippen MR) is 123 cm³/mol. The van der Waals surface area contributed by atoms with Crippen LogP contribution in [0.2, 0.25) is 0 Å². The first-order valence-corrected chi connectivity index (χ1v) is 10.3. The average molecular weight is 440 g/mol. The number of hydrogen-bond acceptors (Lipinski definition) is 4. The zero-order valence-electron chi connectivity index (χ0n) is 18.7. The maximum absolute atomic E-state index is 13.6. The summed E-state index contributed by atoms with van der Waals surface area (Å²) in [4.78, 5) is 21.3. The van der Waals surface area contributed by atoms with Crippen molar-refractivity contribution in [1.29, 1.82) is 0 Å². The van der Waals surface area contributed by atoms with Crippen molar-refractivity contribution in [2.45, 2.75) is 19.8 Å². The number of amides is 1. The van der Waals surface area contributed by atoms with E-state index in [1.807, 2.05) is 50.2 Å². The molecule has 3 rings (SSSR count). The molecule has 32 heavy (non-hydrogen) atoms. The van der Waals surface area contributed by atoms with Crippen LogP contribution in [0.4, 0.5) is 14.5 Å². The molecule has 1 amide bonds. The molecule has 0 aliphatic heterocycles. The number of benzene rings is 2. The van der Waals surface area contributed by atoms with Crippen molar-refractivity contribution >= 4 is 11.6 Å². The van der Waals surface area contributed by atoms with E-state index in [0.717, 1.165) is 12.6 Å². The molecule has 0 bridgehead atoms. The van der Waals surface area contributed by atoms with Crippen LogP contribution in [0.5, 0.6) is 0 Å². The molecule has 0 unspecified atom stereocenters. The van der Waals surface area contributed by atoms with Crippen LogP contribution in [-0.4, -0.2) is 43.0 Å². The van der Waals surface area contributed by atoms with E-state index in [-0.39, 0.29) is 23.1 Å². The van der Waals surface area contributed by atoms with Gasteiger partial charge < -0.3 is 14.2 Å². The van der Waals surface area contributed by atoms with Crippen molar-refractivity contribution in [2.75, 3.05) is 32.1 Å². The van der Waals surface area contributed by atoms with Crippen LogP contribution in [0.25, 0.3) is 22.8 Å². The van der Waals surface area contributed by atoms with Gasteiger partial charge in [-0.3, -0.25) is 4.79 Å². The molecule has 0 aliphatic carbocycles. The Kier molecular flexibility index (Phi) is 6.77. The van der Waals surface area contributed by atoms with E-state index >= 15 is 0 Å². The summed E-state index contributed by atoms with van der Waals surface area (Å²) in [6, 6.07) is 13.3. The molecule has 1 heterocycles. The summed E-state index contributed by atoms with van der Waals surface area (Å²) in [5.74, 6) is -2.70. The van der Waals surface area contributed by atoms with Gasteiger partial charge in [0, 0.05) is 56.5 Å². The maximum Gasteiger partial charge on any atom is 0.276 e. The minimum absolute atomic E-state index is 0.105. The number of aromatic nitrogens is 1. The Labute approximate surface area is 187 Å². The first-order chi connectivity index (χ1) is 15.2. The Morgan fingerprint density at radius 1 is 1.09 bits per heavy atom. The second kappa shape index (κ2) is 9.34. The lowest BCUT2D eigenvalue weighted by atomic mass is 10.1. The van der Waals surface area contributed by atoms with Gasteiger partial charge in [-0.2, -0.15) is 0 Å². The van der Waals surface area contributed by atoms with E-state index < -0.39 is 5.92 Å². The van der Waals surface area contributed by atoms with Crippen LogP contribution in [0.15, 0.2) is 65.6 Å². The van der Waals surface area contributed by atoms with Gasteiger partial charge >= 0.3 is 0 Å². The van der Waals surface area contributed by atoms with E-state index in [1.165, 1.54) is 24.3 Å². The van der Waals surface area contributed by atoms with Gasteiger partial charge in [-0.05, 0) is 43.3 Å². The Balaban J connectivity index is 2.08. The predicted octanol–water partition coefficient (Wildman–Crippen LogP) is 5.83. The third-order valence-corrected chi connectivity index (χ3v) is 5.13. The number of carbonyl (C=O) groups excluding carboxylic acids is 1. The monoisotopic (exact) mass is 439 g/mol. The summed E-state index contributed by atoms with van der Waals surface area (Å²) in [5, 5.41) is 0. The molecular weight excluding hydrogens is 412 g/mol. The quantitative estimate of drug-likeness (QED) is 0.414. The van der Waals surface area contributed by atoms with Crippen molar-refractivity contribution in [1.82, 2.24) is 9.88 Å².